The van der Waals surface area contributed by atoms with Gasteiger partial charge in [0, 0.05) is 19.3 Å². The van der Waals surface area contributed by atoms with Crippen LogP contribution in [0.15, 0.2) is 39.5 Å². The van der Waals surface area contributed by atoms with Gasteiger partial charge in [-0.15, -0.1) is 0 Å². The van der Waals surface area contributed by atoms with Gasteiger partial charge in [-0.3, -0.25) is 9.79 Å². The van der Waals surface area contributed by atoms with E-state index in [4.69, 9.17) is 23.2 Å². The number of hydrogen-bond acceptors (Lipinski definition) is 3. The van der Waals surface area contributed by atoms with Crippen LogP contribution < -0.4 is 10.6 Å². The molecule has 1 fully saturated rings. The first kappa shape index (κ1) is 22.2. The van der Waals surface area contributed by atoms with Crippen LogP contribution in [0.5, 0.6) is 0 Å². The molecular formula is C18H19Cl2F3N4O. The molecule has 0 heterocycles. The Kier molecular flexibility index (Phi) is 7.88. The second-order valence-electron chi connectivity index (χ2n) is 6.10. The molecule has 10 heteroatoms. The number of nitrogens with zero attached hydrogens (tertiary/aromatic N) is 2. The van der Waals surface area contributed by atoms with Gasteiger partial charge >= 0.3 is 6.18 Å². The van der Waals surface area contributed by atoms with Crippen molar-refractivity contribution in [1.82, 2.24) is 10.6 Å². The van der Waals surface area contributed by atoms with Crippen LogP contribution in [0.2, 0.25) is 10.0 Å². The molecule has 1 saturated carbocycles. The second-order valence-corrected chi connectivity index (χ2v) is 6.89. The van der Waals surface area contributed by atoms with Crippen LogP contribution in [0, 0.1) is 0 Å². The lowest BCUT2D eigenvalue weighted by molar-refractivity contribution is -0.119. The lowest BCUT2D eigenvalue weighted by Crippen LogP contribution is -2.38. The average molecular weight is 435 g/mol. The maximum atomic E-state index is 13.6. The van der Waals surface area contributed by atoms with Crippen LogP contribution in [-0.2, 0) is 4.79 Å². The van der Waals surface area contributed by atoms with Crippen molar-refractivity contribution in [2.24, 2.45) is 9.98 Å². The Balaban J connectivity index is 2.30. The number of rotatable bonds is 6. The van der Waals surface area contributed by atoms with Gasteiger partial charge in [-0.05, 0) is 25.0 Å². The van der Waals surface area contributed by atoms with Gasteiger partial charge in [0.25, 0.3) is 5.91 Å². The zero-order chi connectivity index (χ0) is 20.7. The van der Waals surface area contributed by atoms with E-state index in [0.29, 0.717) is 0 Å². The van der Waals surface area contributed by atoms with Crippen molar-refractivity contribution < 1.29 is 18.0 Å². The summed E-state index contributed by atoms with van der Waals surface area (Å²) in [6.07, 6.45) is 0.213. The van der Waals surface area contributed by atoms with Gasteiger partial charge in [-0.1, -0.05) is 42.1 Å². The molecule has 0 atom stereocenters. The zero-order valence-electron chi connectivity index (χ0n) is 15.0. The minimum atomic E-state index is -4.83. The molecule has 0 radical (unpaired) electrons. The first-order valence-electron chi connectivity index (χ1n) is 8.51. The van der Waals surface area contributed by atoms with Crippen LogP contribution >= 0.6 is 23.2 Å². The number of carbonyl (C=O) groups excluding carboxylic acids is 1. The largest absolute Gasteiger partial charge is 0.432 e. The molecule has 0 unspecified atom stereocenters. The highest BCUT2D eigenvalue weighted by Crippen LogP contribution is 2.31. The van der Waals surface area contributed by atoms with Crippen molar-refractivity contribution in [2.75, 3.05) is 7.05 Å². The summed E-state index contributed by atoms with van der Waals surface area (Å²) in [6, 6.07) is 4.44. The Morgan fingerprint density at radius 2 is 1.93 bits per heavy atom. The lowest BCUT2D eigenvalue weighted by Gasteiger charge is -2.17. The lowest BCUT2D eigenvalue weighted by atomic mass is 10.1. The third kappa shape index (κ3) is 5.97. The molecule has 1 amide bonds. The van der Waals surface area contributed by atoms with Gasteiger partial charge in [-0.25, -0.2) is 4.99 Å². The summed E-state index contributed by atoms with van der Waals surface area (Å²) in [5.41, 5.74) is -1.70. The number of allylic oxidation sites excluding steroid dienone is 1. The molecule has 1 aromatic carbocycles. The van der Waals surface area contributed by atoms with Crippen LogP contribution in [0.1, 0.15) is 25.7 Å². The molecule has 2 rings (SSSR count). The number of benzene rings is 1. The van der Waals surface area contributed by atoms with Crippen molar-refractivity contribution in [1.29, 1.82) is 0 Å². The van der Waals surface area contributed by atoms with E-state index in [-0.39, 0.29) is 21.8 Å². The third-order valence-electron chi connectivity index (χ3n) is 4.09. The molecule has 1 aromatic rings. The Morgan fingerprint density at radius 1 is 1.25 bits per heavy atom. The Labute approximate surface area is 170 Å². The summed E-state index contributed by atoms with van der Waals surface area (Å²) >= 11 is 11.8. The fourth-order valence-electron chi connectivity index (χ4n) is 2.77. The van der Waals surface area contributed by atoms with Crippen LogP contribution in [-0.4, -0.2) is 37.7 Å². The summed E-state index contributed by atoms with van der Waals surface area (Å²) in [6.45, 7) is 0. The molecule has 2 N–H and O–H groups in total. The number of aliphatic imine (C=N–C) groups is 2. The normalized spacial score (nSPS) is 16.6. The van der Waals surface area contributed by atoms with Crippen LogP contribution in [0.3, 0.4) is 0 Å². The zero-order valence-corrected chi connectivity index (χ0v) is 16.5. The smallest absolute Gasteiger partial charge is 0.349 e. The SMILES string of the molecule is CN=C/C(C(=O)NC1CCCC1)=C(\NC=Nc1cccc(Cl)c1Cl)C(F)(F)F. The van der Waals surface area contributed by atoms with Gasteiger partial charge in [0.2, 0.25) is 0 Å². The standard InChI is InChI=1S/C18H19Cl2F3N4O/c1-24-9-12(17(28)27-11-5-2-3-6-11)16(18(21,22)23)26-10-25-14-8-4-7-13(19)15(14)20/h4,7-11H,2-3,5-6H2,1H3,(H,25,26)(H,27,28)/b16-12+,24-9?. The predicted molar refractivity (Wildman–Crippen MR) is 106 cm³/mol. The minimum Gasteiger partial charge on any atom is -0.349 e. The fourth-order valence-corrected chi connectivity index (χ4v) is 3.11. The highest BCUT2D eigenvalue weighted by Gasteiger charge is 2.38. The molecular weight excluding hydrogens is 416 g/mol. The van der Waals surface area contributed by atoms with Crippen LogP contribution in [0.25, 0.3) is 0 Å². The van der Waals surface area contributed by atoms with E-state index in [1.54, 1.807) is 6.07 Å². The van der Waals surface area contributed by atoms with Gasteiger partial charge in [0.1, 0.15) is 5.70 Å². The summed E-state index contributed by atoms with van der Waals surface area (Å²) in [4.78, 5) is 19.9. The molecule has 28 heavy (non-hydrogen) atoms. The van der Waals surface area contributed by atoms with Crippen molar-refractivity contribution in [3.8, 4) is 0 Å². The van der Waals surface area contributed by atoms with E-state index in [9.17, 15) is 18.0 Å². The van der Waals surface area contributed by atoms with Gasteiger partial charge < -0.3 is 10.6 Å². The number of carbonyl (C=O) groups is 1. The number of amides is 1. The second kappa shape index (κ2) is 9.93. The van der Waals surface area contributed by atoms with Gasteiger partial charge in [-0.2, -0.15) is 13.2 Å². The summed E-state index contributed by atoms with van der Waals surface area (Å²) in [5, 5.41) is 5.01. The quantitative estimate of drug-likeness (QED) is 0.382. The number of alkyl halides is 3. The summed E-state index contributed by atoms with van der Waals surface area (Å²) in [5.74, 6) is -0.841. The van der Waals surface area contributed by atoms with Crippen molar-refractivity contribution in [3.05, 3.63) is 39.5 Å². The molecule has 1 aliphatic rings. The maximum Gasteiger partial charge on any atom is 0.432 e. The maximum absolute atomic E-state index is 13.6. The molecule has 0 aliphatic heterocycles. The molecule has 0 aromatic heterocycles. The van der Waals surface area contributed by atoms with Crippen molar-refractivity contribution in [3.63, 3.8) is 0 Å². The van der Waals surface area contributed by atoms with E-state index >= 15 is 0 Å². The topological polar surface area (TPSA) is 65.8 Å². The average Bonchev–Trinajstić information content (AvgIpc) is 3.12. The highest BCUT2D eigenvalue weighted by atomic mass is 35.5. The molecule has 1 aliphatic carbocycles. The van der Waals surface area contributed by atoms with E-state index < -0.39 is 23.4 Å². The molecule has 152 valence electrons. The Morgan fingerprint density at radius 3 is 2.54 bits per heavy atom. The third-order valence-corrected chi connectivity index (χ3v) is 4.90. The predicted octanol–water partition coefficient (Wildman–Crippen LogP) is 4.82. The number of nitrogens with one attached hydrogen (secondary N) is 2. The Bertz CT molecular complexity index is 801. The summed E-state index contributed by atoms with van der Waals surface area (Å²) in [7, 11) is 1.29. The van der Waals surface area contributed by atoms with Gasteiger partial charge in [0.05, 0.1) is 27.6 Å². The molecule has 0 spiro atoms. The first-order valence-corrected chi connectivity index (χ1v) is 9.27. The molecule has 5 nitrogen and oxygen atoms in total. The van der Waals surface area contributed by atoms with E-state index in [1.165, 1.54) is 19.2 Å². The van der Waals surface area contributed by atoms with E-state index in [1.807, 2.05) is 0 Å². The van der Waals surface area contributed by atoms with Crippen molar-refractivity contribution in [2.45, 2.75) is 37.9 Å². The molecule has 0 saturated heterocycles. The van der Waals surface area contributed by atoms with Crippen molar-refractivity contribution >= 4 is 47.3 Å². The van der Waals surface area contributed by atoms with E-state index in [2.05, 4.69) is 20.6 Å². The first-order chi connectivity index (χ1) is 13.2. The fraction of sp³-hybridized carbons (Fsp3) is 0.389. The minimum absolute atomic E-state index is 0.106. The number of halogens is 5. The highest BCUT2D eigenvalue weighted by molar-refractivity contribution is 6.43. The van der Waals surface area contributed by atoms with E-state index in [0.717, 1.165) is 38.2 Å². The number of hydrogen-bond donors (Lipinski definition) is 2. The monoisotopic (exact) mass is 434 g/mol. The molecule has 0 bridgehead atoms. The Hall–Kier alpha value is -2.06. The summed E-state index contributed by atoms with van der Waals surface area (Å²) < 4.78 is 40.7. The van der Waals surface area contributed by atoms with Gasteiger partial charge in [0.15, 0.2) is 0 Å². The van der Waals surface area contributed by atoms with Crippen LogP contribution in [0.4, 0.5) is 18.9 Å².